The van der Waals surface area contributed by atoms with Crippen molar-refractivity contribution < 1.29 is 27.5 Å². The number of rotatable bonds is 3. The SMILES string of the molecule is Cn1cc(C(=O)N2CCOC(C(=O)Nc3ccc4nc(C(F)(F)F)[nH]c4c3)C2)cn1. The maximum absolute atomic E-state index is 12.8. The standard InChI is InChI=1S/C18H17F3N6O3/c1-26-8-10(7-22-26)16(29)27-4-5-30-14(9-27)15(28)23-11-2-3-12-13(6-11)25-17(24-12)18(19,20)21/h2-3,6-8,14H,4-5,9H2,1H3,(H,23,28)(H,24,25). The number of morpholine rings is 1. The van der Waals surface area contributed by atoms with Gasteiger partial charge in [-0.2, -0.15) is 18.3 Å². The first kappa shape index (κ1) is 19.9. The Morgan fingerprint density at radius 3 is 2.83 bits per heavy atom. The summed E-state index contributed by atoms with van der Waals surface area (Å²) in [5.74, 6) is -1.88. The number of aromatic nitrogens is 4. The number of nitrogens with one attached hydrogen (secondary N) is 2. The van der Waals surface area contributed by atoms with E-state index < -0.39 is 24.0 Å². The number of imidazole rings is 1. The number of aryl methyl sites for hydroxylation is 1. The molecule has 0 radical (unpaired) electrons. The Morgan fingerprint density at radius 1 is 1.33 bits per heavy atom. The van der Waals surface area contributed by atoms with Gasteiger partial charge < -0.3 is 19.9 Å². The molecule has 1 aliphatic heterocycles. The van der Waals surface area contributed by atoms with E-state index in [2.05, 4.69) is 20.4 Å². The first-order valence-electron chi connectivity index (χ1n) is 8.98. The number of carbonyl (C=O) groups is 2. The van der Waals surface area contributed by atoms with Crippen molar-refractivity contribution in [2.45, 2.75) is 12.3 Å². The largest absolute Gasteiger partial charge is 0.449 e. The third-order valence-corrected chi connectivity index (χ3v) is 4.62. The first-order chi connectivity index (χ1) is 14.2. The number of H-pyrrole nitrogens is 1. The van der Waals surface area contributed by atoms with Gasteiger partial charge in [0.05, 0.1) is 35.9 Å². The molecular weight excluding hydrogens is 405 g/mol. The molecule has 1 atom stereocenters. The summed E-state index contributed by atoms with van der Waals surface area (Å²) in [5.41, 5.74) is 0.952. The summed E-state index contributed by atoms with van der Waals surface area (Å²) in [6.45, 7) is 0.556. The molecule has 30 heavy (non-hydrogen) atoms. The Labute approximate surface area is 167 Å². The number of anilines is 1. The summed E-state index contributed by atoms with van der Waals surface area (Å²) in [6, 6.07) is 4.18. The van der Waals surface area contributed by atoms with Gasteiger partial charge in [-0.3, -0.25) is 14.3 Å². The van der Waals surface area contributed by atoms with E-state index in [0.29, 0.717) is 12.1 Å². The van der Waals surface area contributed by atoms with Crippen molar-refractivity contribution in [3.05, 3.63) is 42.0 Å². The lowest BCUT2D eigenvalue weighted by Gasteiger charge is -2.32. The molecule has 9 nitrogen and oxygen atoms in total. The van der Waals surface area contributed by atoms with Crippen molar-refractivity contribution in [3.63, 3.8) is 0 Å². The number of hydrogen-bond donors (Lipinski definition) is 2. The number of aromatic amines is 1. The number of hydrogen-bond acceptors (Lipinski definition) is 5. The smallest absolute Gasteiger partial charge is 0.365 e. The molecule has 0 bridgehead atoms. The van der Waals surface area contributed by atoms with Crippen molar-refractivity contribution in [2.75, 3.05) is 25.0 Å². The van der Waals surface area contributed by atoms with Crippen molar-refractivity contribution in [1.82, 2.24) is 24.6 Å². The molecule has 1 fully saturated rings. The van der Waals surface area contributed by atoms with E-state index >= 15 is 0 Å². The van der Waals surface area contributed by atoms with Gasteiger partial charge in [-0.25, -0.2) is 4.98 Å². The molecule has 1 unspecified atom stereocenters. The van der Waals surface area contributed by atoms with Crippen LogP contribution in [0.4, 0.5) is 18.9 Å². The fourth-order valence-corrected chi connectivity index (χ4v) is 3.15. The van der Waals surface area contributed by atoms with Crippen LogP contribution in [-0.4, -0.2) is 62.3 Å². The molecule has 1 aromatic carbocycles. The minimum Gasteiger partial charge on any atom is -0.365 e. The molecule has 3 aromatic rings. The molecule has 1 aliphatic rings. The van der Waals surface area contributed by atoms with Crippen LogP contribution >= 0.6 is 0 Å². The number of ether oxygens (including phenoxy) is 1. The van der Waals surface area contributed by atoms with E-state index in [0.717, 1.165) is 0 Å². The van der Waals surface area contributed by atoms with Gasteiger partial charge >= 0.3 is 6.18 Å². The van der Waals surface area contributed by atoms with Gasteiger partial charge in [0, 0.05) is 25.5 Å². The third-order valence-electron chi connectivity index (χ3n) is 4.62. The van der Waals surface area contributed by atoms with Crippen LogP contribution < -0.4 is 5.32 Å². The fraction of sp³-hybridized carbons (Fsp3) is 0.333. The van der Waals surface area contributed by atoms with E-state index in [1.165, 1.54) is 34.0 Å². The molecule has 12 heteroatoms. The molecule has 2 aromatic heterocycles. The lowest BCUT2D eigenvalue weighted by atomic mass is 10.2. The van der Waals surface area contributed by atoms with Crippen molar-refractivity contribution >= 4 is 28.5 Å². The third kappa shape index (κ3) is 3.99. The Hall–Kier alpha value is -3.41. The van der Waals surface area contributed by atoms with E-state index in [-0.39, 0.29) is 35.8 Å². The highest BCUT2D eigenvalue weighted by Crippen LogP contribution is 2.29. The van der Waals surface area contributed by atoms with Crippen molar-refractivity contribution in [1.29, 1.82) is 0 Å². The van der Waals surface area contributed by atoms with Crippen molar-refractivity contribution in [3.8, 4) is 0 Å². The van der Waals surface area contributed by atoms with Crippen LogP contribution in [-0.2, 0) is 22.8 Å². The predicted molar refractivity (Wildman–Crippen MR) is 98.6 cm³/mol. The van der Waals surface area contributed by atoms with Crippen LogP contribution in [0.1, 0.15) is 16.2 Å². The second-order valence-electron chi connectivity index (χ2n) is 6.82. The first-order valence-corrected chi connectivity index (χ1v) is 8.98. The highest BCUT2D eigenvalue weighted by Gasteiger charge is 2.35. The molecule has 0 saturated carbocycles. The zero-order valence-electron chi connectivity index (χ0n) is 15.7. The number of nitrogens with zero attached hydrogens (tertiary/aromatic N) is 4. The highest BCUT2D eigenvalue weighted by atomic mass is 19.4. The number of fused-ring (bicyclic) bond motifs is 1. The van der Waals surface area contributed by atoms with E-state index in [1.54, 1.807) is 13.2 Å². The molecule has 4 rings (SSSR count). The molecule has 2 amide bonds. The van der Waals surface area contributed by atoms with Crippen LogP contribution in [0.2, 0.25) is 0 Å². The summed E-state index contributed by atoms with van der Waals surface area (Å²) in [6.07, 6.45) is -2.48. The molecule has 0 spiro atoms. The Balaban J connectivity index is 1.44. The summed E-state index contributed by atoms with van der Waals surface area (Å²) >= 11 is 0. The normalized spacial score (nSPS) is 17.3. The minimum absolute atomic E-state index is 0.0457. The monoisotopic (exact) mass is 422 g/mol. The minimum atomic E-state index is -4.59. The highest BCUT2D eigenvalue weighted by molar-refractivity contribution is 5.97. The summed E-state index contributed by atoms with van der Waals surface area (Å²) in [7, 11) is 1.69. The maximum Gasteiger partial charge on any atom is 0.449 e. The average Bonchev–Trinajstić information content (AvgIpc) is 3.33. The van der Waals surface area contributed by atoms with E-state index in [4.69, 9.17) is 4.74 Å². The Morgan fingerprint density at radius 2 is 2.13 bits per heavy atom. The summed E-state index contributed by atoms with van der Waals surface area (Å²) in [4.78, 5) is 32.3. The topological polar surface area (TPSA) is 105 Å². The average molecular weight is 422 g/mol. The van der Waals surface area contributed by atoms with Crippen LogP contribution in [0.15, 0.2) is 30.6 Å². The van der Waals surface area contributed by atoms with Gasteiger partial charge in [-0.05, 0) is 18.2 Å². The maximum atomic E-state index is 12.8. The van der Waals surface area contributed by atoms with E-state index in [1.807, 2.05) is 0 Å². The Bertz CT molecular complexity index is 1110. The van der Waals surface area contributed by atoms with Gasteiger partial charge in [-0.1, -0.05) is 0 Å². The molecule has 0 aliphatic carbocycles. The summed E-state index contributed by atoms with van der Waals surface area (Å²) in [5, 5.41) is 6.57. The van der Waals surface area contributed by atoms with Crippen LogP contribution in [0.5, 0.6) is 0 Å². The van der Waals surface area contributed by atoms with E-state index in [9.17, 15) is 22.8 Å². The number of halogens is 3. The molecule has 3 heterocycles. The number of benzene rings is 1. The Kier molecular flexibility index (Phi) is 4.94. The van der Waals surface area contributed by atoms with Gasteiger partial charge in [-0.15, -0.1) is 0 Å². The lowest BCUT2D eigenvalue weighted by molar-refractivity contribution is -0.144. The lowest BCUT2D eigenvalue weighted by Crippen LogP contribution is -2.50. The number of carbonyl (C=O) groups excluding carboxylic acids is 2. The van der Waals surface area contributed by atoms with Crippen LogP contribution in [0.25, 0.3) is 11.0 Å². The van der Waals surface area contributed by atoms with Gasteiger partial charge in [0.2, 0.25) is 5.82 Å². The number of amides is 2. The summed E-state index contributed by atoms with van der Waals surface area (Å²) < 4.78 is 45.3. The molecule has 2 N–H and O–H groups in total. The molecular formula is C18H17F3N6O3. The molecule has 158 valence electrons. The second kappa shape index (κ2) is 7.44. The van der Waals surface area contributed by atoms with Crippen LogP contribution in [0.3, 0.4) is 0 Å². The quantitative estimate of drug-likeness (QED) is 0.670. The zero-order valence-corrected chi connectivity index (χ0v) is 15.7. The molecule has 1 saturated heterocycles. The van der Waals surface area contributed by atoms with Gasteiger partial charge in [0.25, 0.3) is 11.8 Å². The zero-order chi connectivity index (χ0) is 21.5. The number of alkyl halides is 3. The van der Waals surface area contributed by atoms with Crippen molar-refractivity contribution in [2.24, 2.45) is 7.05 Å². The second-order valence-corrected chi connectivity index (χ2v) is 6.82. The fourth-order valence-electron chi connectivity index (χ4n) is 3.15. The predicted octanol–water partition coefficient (Wildman–Crippen LogP) is 1.79. The van der Waals surface area contributed by atoms with Gasteiger partial charge in [0.1, 0.15) is 0 Å². The van der Waals surface area contributed by atoms with Crippen LogP contribution in [0, 0.1) is 0 Å². The van der Waals surface area contributed by atoms with Gasteiger partial charge in [0.15, 0.2) is 6.10 Å².